The van der Waals surface area contributed by atoms with E-state index in [1.165, 1.54) is 11.1 Å². The minimum absolute atomic E-state index is 0.117. The summed E-state index contributed by atoms with van der Waals surface area (Å²) < 4.78 is 0. The van der Waals surface area contributed by atoms with Crippen molar-refractivity contribution in [1.82, 2.24) is 15.3 Å². The van der Waals surface area contributed by atoms with E-state index in [2.05, 4.69) is 45.7 Å². The summed E-state index contributed by atoms with van der Waals surface area (Å²) in [5, 5.41) is 6.25. The Hall–Kier alpha value is -3.99. The van der Waals surface area contributed by atoms with Crippen molar-refractivity contribution in [1.29, 1.82) is 0 Å². The van der Waals surface area contributed by atoms with Crippen LogP contribution in [0.25, 0.3) is 11.3 Å². The molecule has 0 atom stereocenters. The van der Waals surface area contributed by atoms with Gasteiger partial charge in [-0.05, 0) is 43.7 Å². The maximum Gasteiger partial charge on any atom is 0.251 e. The lowest BCUT2D eigenvalue weighted by Gasteiger charge is -2.10. The van der Waals surface area contributed by atoms with Crippen molar-refractivity contribution >= 4 is 17.4 Å². The first-order chi connectivity index (χ1) is 15.1. The molecule has 0 bridgehead atoms. The van der Waals surface area contributed by atoms with Gasteiger partial charge in [-0.25, -0.2) is 9.97 Å². The molecule has 0 radical (unpaired) electrons. The Labute approximate surface area is 182 Å². The van der Waals surface area contributed by atoms with E-state index in [0.29, 0.717) is 17.9 Å². The monoisotopic (exact) mass is 408 g/mol. The summed E-state index contributed by atoms with van der Waals surface area (Å²) in [6.07, 6.45) is 1.54. The second-order valence-electron chi connectivity index (χ2n) is 7.54. The SMILES string of the molecule is Cc1cccc(CNC(=O)c2cccc(Nc3cc(-c4cccc(C)c4)ncn3)c2)c1. The Kier molecular flexibility index (Phi) is 6.03. The van der Waals surface area contributed by atoms with Gasteiger partial charge in [-0.1, -0.05) is 59.7 Å². The number of rotatable bonds is 6. The molecule has 1 heterocycles. The first kappa shape index (κ1) is 20.3. The summed E-state index contributed by atoms with van der Waals surface area (Å²) in [5.41, 5.74) is 6.68. The van der Waals surface area contributed by atoms with Gasteiger partial charge in [0.1, 0.15) is 12.1 Å². The average molecular weight is 409 g/mol. The van der Waals surface area contributed by atoms with Gasteiger partial charge < -0.3 is 10.6 Å². The molecule has 1 amide bonds. The van der Waals surface area contributed by atoms with Gasteiger partial charge in [0.2, 0.25) is 0 Å². The van der Waals surface area contributed by atoms with Gasteiger partial charge in [0, 0.05) is 29.4 Å². The molecule has 0 spiro atoms. The van der Waals surface area contributed by atoms with Crippen LogP contribution in [0, 0.1) is 13.8 Å². The van der Waals surface area contributed by atoms with Crippen LogP contribution in [0.2, 0.25) is 0 Å². The van der Waals surface area contributed by atoms with Crippen LogP contribution in [0.15, 0.2) is 85.2 Å². The van der Waals surface area contributed by atoms with Crippen LogP contribution < -0.4 is 10.6 Å². The molecule has 31 heavy (non-hydrogen) atoms. The standard InChI is InChI=1S/C26H24N4O/c1-18-6-3-8-20(12-18)16-27-26(31)22-10-5-11-23(14-22)30-25-15-24(28-17-29-25)21-9-4-7-19(2)13-21/h3-15,17H,16H2,1-2H3,(H,27,31)(H,28,29,30). The maximum absolute atomic E-state index is 12.6. The summed E-state index contributed by atoms with van der Waals surface area (Å²) in [5.74, 6) is 0.553. The van der Waals surface area contributed by atoms with Crippen molar-refractivity contribution in [2.24, 2.45) is 0 Å². The van der Waals surface area contributed by atoms with Crippen LogP contribution in [0.1, 0.15) is 27.0 Å². The second-order valence-corrected chi connectivity index (χ2v) is 7.54. The molecule has 3 aromatic carbocycles. The molecule has 0 saturated heterocycles. The zero-order chi connectivity index (χ0) is 21.6. The fourth-order valence-corrected chi connectivity index (χ4v) is 3.38. The van der Waals surface area contributed by atoms with E-state index in [-0.39, 0.29) is 5.91 Å². The van der Waals surface area contributed by atoms with E-state index >= 15 is 0 Å². The number of nitrogens with one attached hydrogen (secondary N) is 2. The number of benzene rings is 3. The Morgan fingerprint density at radius 3 is 2.42 bits per heavy atom. The van der Waals surface area contributed by atoms with Crippen LogP contribution >= 0.6 is 0 Å². The lowest BCUT2D eigenvalue weighted by molar-refractivity contribution is 0.0951. The van der Waals surface area contributed by atoms with Crippen LogP contribution in [0.3, 0.4) is 0 Å². The number of carbonyl (C=O) groups excluding carboxylic acids is 1. The molecular formula is C26H24N4O. The number of carbonyl (C=O) groups is 1. The third-order valence-corrected chi connectivity index (χ3v) is 4.91. The van der Waals surface area contributed by atoms with E-state index < -0.39 is 0 Å². The minimum atomic E-state index is -0.117. The smallest absolute Gasteiger partial charge is 0.251 e. The lowest BCUT2D eigenvalue weighted by Crippen LogP contribution is -2.22. The van der Waals surface area contributed by atoms with Crippen LogP contribution in [-0.4, -0.2) is 15.9 Å². The third-order valence-electron chi connectivity index (χ3n) is 4.91. The molecule has 2 N–H and O–H groups in total. The molecule has 1 aromatic heterocycles. The average Bonchev–Trinajstić information content (AvgIpc) is 2.78. The van der Waals surface area contributed by atoms with Crippen molar-refractivity contribution in [3.63, 3.8) is 0 Å². The largest absolute Gasteiger partial charge is 0.348 e. The zero-order valence-electron chi connectivity index (χ0n) is 17.6. The first-order valence-corrected chi connectivity index (χ1v) is 10.2. The predicted molar refractivity (Wildman–Crippen MR) is 124 cm³/mol. The molecule has 0 unspecified atom stereocenters. The van der Waals surface area contributed by atoms with Gasteiger partial charge >= 0.3 is 0 Å². The van der Waals surface area contributed by atoms with Crippen molar-refractivity contribution in [2.45, 2.75) is 20.4 Å². The molecule has 5 heteroatoms. The number of hydrogen-bond donors (Lipinski definition) is 2. The highest BCUT2D eigenvalue weighted by atomic mass is 16.1. The summed E-state index contributed by atoms with van der Waals surface area (Å²) in [7, 11) is 0. The molecule has 5 nitrogen and oxygen atoms in total. The van der Waals surface area contributed by atoms with Crippen molar-refractivity contribution in [3.8, 4) is 11.3 Å². The summed E-state index contributed by atoms with van der Waals surface area (Å²) in [6, 6.07) is 25.6. The Bertz CT molecular complexity index is 1220. The molecule has 0 saturated carbocycles. The van der Waals surface area contributed by atoms with Crippen molar-refractivity contribution in [3.05, 3.63) is 107 Å². The summed E-state index contributed by atoms with van der Waals surface area (Å²) in [6.45, 7) is 4.58. The number of aryl methyl sites for hydroxylation is 2. The van der Waals surface area contributed by atoms with Crippen LogP contribution in [0.5, 0.6) is 0 Å². The highest BCUT2D eigenvalue weighted by molar-refractivity contribution is 5.95. The highest BCUT2D eigenvalue weighted by Crippen LogP contribution is 2.22. The Morgan fingerprint density at radius 2 is 1.61 bits per heavy atom. The van der Waals surface area contributed by atoms with Crippen LogP contribution in [-0.2, 0) is 6.54 Å². The minimum Gasteiger partial charge on any atom is -0.348 e. The Morgan fingerprint density at radius 1 is 0.839 bits per heavy atom. The molecule has 4 aromatic rings. The summed E-state index contributed by atoms with van der Waals surface area (Å²) in [4.78, 5) is 21.3. The molecule has 154 valence electrons. The van der Waals surface area contributed by atoms with E-state index in [4.69, 9.17) is 0 Å². The highest BCUT2D eigenvalue weighted by Gasteiger charge is 2.08. The van der Waals surface area contributed by atoms with Gasteiger partial charge in [0.25, 0.3) is 5.91 Å². The fourth-order valence-electron chi connectivity index (χ4n) is 3.38. The van der Waals surface area contributed by atoms with E-state index in [1.54, 1.807) is 12.4 Å². The molecule has 0 fully saturated rings. The predicted octanol–water partition coefficient (Wildman–Crippen LogP) is 5.43. The number of hydrogen-bond acceptors (Lipinski definition) is 4. The van der Waals surface area contributed by atoms with Gasteiger partial charge in [-0.2, -0.15) is 0 Å². The summed E-state index contributed by atoms with van der Waals surface area (Å²) >= 11 is 0. The molecule has 0 aliphatic carbocycles. The lowest BCUT2D eigenvalue weighted by atomic mass is 10.1. The van der Waals surface area contributed by atoms with Crippen molar-refractivity contribution < 1.29 is 4.79 Å². The van der Waals surface area contributed by atoms with Crippen molar-refractivity contribution in [2.75, 3.05) is 5.32 Å². The van der Waals surface area contributed by atoms with Gasteiger partial charge in [0.15, 0.2) is 0 Å². The van der Waals surface area contributed by atoms with E-state index in [0.717, 1.165) is 22.5 Å². The topological polar surface area (TPSA) is 66.9 Å². The Balaban J connectivity index is 1.46. The van der Waals surface area contributed by atoms with Crippen LogP contribution in [0.4, 0.5) is 11.5 Å². The van der Waals surface area contributed by atoms with E-state index in [9.17, 15) is 4.79 Å². The van der Waals surface area contributed by atoms with Gasteiger partial charge in [0.05, 0.1) is 5.69 Å². The first-order valence-electron chi connectivity index (χ1n) is 10.2. The number of nitrogens with zero attached hydrogens (tertiary/aromatic N) is 2. The van der Waals surface area contributed by atoms with Gasteiger partial charge in [-0.15, -0.1) is 0 Å². The maximum atomic E-state index is 12.6. The number of aromatic nitrogens is 2. The molecule has 4 rings (SSSR count). The quantitative estimate of drug-likeness (QED) is 0.446. The van der Waals surface area contributed by atoms with Gasteiger partial charge in [-0.3, -0.25) is 4.79 Å². The molecule has 0 aliphatic rings. The second kappa shape index (κ2) is 9.22. The number of amides is 1. The number of anilines is 2. The third kappa shape index (κ3) is 5.34. The zero-order valence-corrected chi connectivity index (χ0v) is 17.6. The van der Waals surface area contributed by atoms with E-state index in [1.807, 2.05) is 61.5 Å². The molecule has 0 aliphatic heterocycles. The fraction of sp³-hybridized carbons (Fsp3) is 0.115. The molecular weight excluding hydrogens is 384 g/mol. The normalized spacial score (nSPS) is 10.5.